The second-order valence-corrected chi connectivity index (χ2v) is 12.3. The van der Waals surface area contributed by atoms with Crippen molar-refractivity contribution in [2.45, 2.75) is 51.1 Å². The fourth-order valence-electron chi connectivity index (χ4n) is 6.08. The van der Waals surface area contributed by atoms with E-state index in [2.05, 4.69) is 5.32 Å². The van der Waals surface area contributed by atoms with Crippen molar-refractivity contribution in [1.82, 2.24) is 15.1 Å². The molecule has 5 rings (SSSR count). The predicted molar refractivity (Wildman–Crippen MR) is 169 cm³/mol. The Bertz CT molecular complexity index is 1760. The highest BCUT2D eigenvalue weighted by Crippen LogP contribution is 2.40. The van der Waals surface area contributed by atoms with Gasteiger partial charge in [-0.15, -0.1) is 0 Å². The van der Waals surface area contributed by atoms with Gasteiger partial charge in [0.1, 0.15) is 24.0 Å². The van der Waals surface area contributed by atoms with Crippen LogP contribution < -0.4 is 10.2 Å². The quantitative estimate of drug-likeness (QED) is 0.193. The van der Waals surface area contributed by atoms with Gasteiger partial charge in [0.25, 0.3) is 11.8 Å². The normalized spacial score (nSPS) is 16.7. The highest BCUT2D eigenvalue weighted by atomic mass is 19.4. The summed E-state index contributed by atoms with van der Waals surface area (Å²) in [4.78, 5) is 69.9. The van der Waals surface area contributed by atoms with Gasteiger partial charge in [0.05, 0.1) is 16.7 Å². The summed E-state index contributed by atoms with van der Waals surface area (Å²) in [6, 6.07) is 14.9. The molecule has 0 aromatic heterocycles. The van der Waals surface area contributed by atoms with Crippen molar-refractivity contribution in [2.75, 3.05) is 25.0 Å². The fraction of sp³-hybridized carbons (Fsp3) is 0.343. The Morgan fingerprint density at radius 1 is 0.939 bits per heavy atom. The lowest BCUT2D eigenvalue weighted by atomic mass is 9.85. The SMILES string of the molecule is CC(C)[C@@H](NC(=O)c1cc(C(F)(F)F)ccc1F)C(=O)N1CCC2(CC1)C(=O)N(C)C(=O)N2c1ccc(C(=O)OCc2ccccc2)cc1. The largest absolute Gasteiger partial charge is 0.457 e. The van der Waals surface area contributed by atoms with Gasteiger partial charge in [-0.2, -0.15) is 13.2 Å². The van der Waals surface area contributed by atoms with E-state index in [0.717, 1.165) is 10.5 Å². The van der Waals surface area contributed by atoms with E-state index < -0.39 is 70.3 Å². The molecule has 49 heavy (non-hydrogen) atoms. The van der Waals surface area contributed by atoms with Crippen LogP contribution >= 0.6 is 0 Å². The van der Waals surface area contributed by atoms with Gasteiger partial charge in [-0.3, -0.25) is 24.2 Å². The molecule has 2 aliphatic heterocycles. The number of hydrogen-bond donors (Lipinski definition) is 1. The number of anilines is 1. The van der Waals surface area contributed by atoms with Crippen LogP contribution in [0.25, 0.3) is 0 Å². The zero-order chi connectivity index (χ0) is 35.7. The molecule has 2 aliphatic rings. The molecule has 258 valence electrons. The van der Waals surface area contributed by atoms with Crippen molar-refractivity contribution < 1.29 is 46.3 Å². The van der Waals surface area contributed by atoms with Crippen LogP contribution in [-0.4, -0.2) is 71.2 Å². The van der Waals surface area contributed by atoms with Crippen molar-refractivity contribution in [3.63, 3.8) is 0 Å². The number of halogens is 4. The summed E-state index contributed by atoms with van der Waals surface area (Å²) in [5.74, 6) is -4.49. The molecule has 0 unspecified atom stereocenters. The Morgan fingerprint density at radius 3 is 2.16 bits per heavy atom. The second-order valence-electron chi connectivity index (χ2n) is 12.3. The number of rotatable bonds is 8. The van der Waals surface area contributed by atoms with E-state index in [9.17, 15) is 41.5 Å². The number of amides is 5. The van der Waals surface area contributed by atoms with Crippen molar-refractivity contribution in [1.29, 1.82) is 0 Å². The van der Waals surface area contributed by atoms with Gasteiger partial charge in [-0.25, -0.2) is 14.0 Å². The number of alkyl halides is 3. The van der Waals surface area contributed by atoms with Crippen LogP contribution in [0.2, 0.25) is 0 Å². The van der Waals surface area contributed by atoms with Crippen LogP contribution in [0.15, 0.2) is 72.8 Å². The number of nitrogens with one attached hydrogen (secondary N) is 1. The highest BCUT2D eigenvalue weighted by molar-refractivity contribution is 6.17. The molecule has 1 spiro atoms. The van der Waals surface area contributed by atoms with Crippen LogP contribution in [0.5, 0.6) is 0 Å². The number of nitrogens with zero attached hydrogens (tertiary/aromatic N) is 3. The smallest absolute Gasteiger partial charge is 0.416 e. The fourth-order valence-corrected chi connectivity index (χ4v) is 6.08. The number of urea groups is 1. The van der Waals surface area contributed by atoms with Gasteiger partial charge in [-0.1, -0.05) is 44.2 Å². The lowest BCUT2D eigenvalue weighted by Crippen LogP contribution is -2.60. The number of benzene rings is 3. The van der Waals surface area contributed by atoms with Crippen LogP contribution in [-0.2, 0) is 27.1 Å². The first kappa shape index (κ1) is 35.0. The second kappa shape index (κ2) is 13.7. The Labute approximate surface area is 279 Å². The van der Waals surface area contributed by atoms with Crippen molar-refractivity contribution >= 4 is 35.4 Å². The molecule has 0 bridgehead atoms. The number of carbonyl (C=O) groups excluding carboxylic acids is 5. The van der Waals surface area contributed by atoms with Crippen molar-refractivity contribution in [3.8, 4) is 0 Å². The monoisotopic (exact) mass is 682 g/mol. The maximum Gasteiger partial charge on any atom is 0.416 e. The minimum atomic E-state index is -4.81. The summed E-state index contributed by atoms with van der Waals surface area (Å²) in [7, 11) is 1.36. The number of carbonyl (C=O) groups is 5. The number of imide groups is 1. The molecule has 1 N–H and O–H groups in total. The molecular weight excluding hydrogens is 648 g/mol. The molecule has 3 aromatic rings. The molecule has 2 saturated heterocycles. The van der Waals surface area contributed by atoms with Gasteiger partial charge in [-0.05, 0) is 66.8 Å². The molecule has 0 aliphatic carbocycles. The van der Waals surface area contributed by atoms with Gasteiger partial charge in [0.15, 0.2) is 0 Å². The zero-order valence-corrected chi connectivity index (χ0v) is 26.9. The maximum absolute atomic E-state index is 14.4. The summed E-state index contributed by atoms with van der Waals surface area (Å²) in [5.41, 5.74) is -1.99. The highest BCUT2D eigenvalue weighted by Gasteiger charge is 2.58. The number of likely N-dealkylation sites (N-methyl/N-ethyl adjacent to an activating group) is 1. The Morgan fingerprint density at radius 2 is 1.57 bits per heavy atom. The van der Waals surface area contributed by atoms with E-state index in [4.69, 9.17) is 4.74 Å². The van der Waals surface area contributed by atoms with E-state index in [1.807, 2.05) is 30.3 Å². The van der Waals surface area contributed by atoms with Crippen LogP contribution in [0.4, 0.5) is 28.0 Å². The Hall–Kier alpha value is -5.27. The van der Waals surface area contributed by atoms with Crippen LogP contribution in [0.1, 0.15) is 58.5 Å². The molecule has 2 fully saturated rings. The van der Waals surface area contributed by atoms with Gasteiger partial charge in [0, 0.05) is 25.8 Å². The number of esters is 1. The topological polar surface area (TPSA) is 116 Å². The van der Waals surface area contributed by atoms with Gasteiger partial charge >= 0.3 is 18.2 Å². The van der Waals surface area contributed by atoms with Gasteiger partial charge in [0.2, 0.25) is 5.91 Å². The molecule has 0 radical (unpaired) electrons. The first-order valence-electron chi connectivity index (χ1n) is 15.5. The third-order valence-corrected chi connectivity index (χ3v) is 8.84. The molecule has 5 amide bonds. The molecular formula is C35H34F4N4O6. The summed E-state index contributed by atoms with van der Waals surface area (Å²) in [6.45, 7) is 3.32. The third-order valence-electron chi connectivity index (χ3n) is 8.84. The number of piperidine rings is 1. The first-order chi connectivity index (χ1) is 23.1. The Balaban J connectivity index is 1.29. The Kier molecular flexibility index (Phi) is 9.79. The summed E-state index contributed by atoms with van der Waals surface area (Å²) in [5, 5.41) is 2.39. The van der Waals surface area contributed by atoms with Crippen molar-refractivity contribution in [3.05, 3.63) is 101 Å². The van der Waals surface area contributed by atoms with Crippen LogP contribution in [0.3, 0.4) is 0 Å². The van der Waals surface area contributed by atoms with E-state index in [1.54, 1.807) is 26.0 Å². The maximum atomic E-state index is 14.4. The number of likely N-dealkylation sites (tertiary alicyclic amines) is 1. The standard InChI is InChI=1S/C35H34F4N4O6/c1-21(2)28(40-29(44)26-19-24(35(37,38)39)11-14-27(26)36)30(45)42-17-15-34(16-18-42)32(47)41(3)33(48)43(34)25-12-9-23(10-13-25)31(46)49-20-22-7-5-4-6-8-22/h4-14,19,21,28H,15-18,20H2,1-3H3,(H,40,44)/t28-/m1/s1. The van der Waals surface area contributed by atoms with Gasteiger partial charge < -0.3 is 15.0 Å². The van der Waals surface area contributed by atoms with Crippen LogP contribution in [0, 0.1) is 11.7 Å². The van der Waals surface area contributed by atoms with Crippen molar-refractivity contribution in [2.24, 2.45) is 5.92 Å². The summed E-state index contributed by atoms with van der Waals surface area (Å²) < 4.78 is 59.4. The third kappa shape index (κ3) is 6.99. The zero-order valence-electron chi connectivity index (χ0n) is 26.9. The minimum absolute atomic E-state index is 0.00307. The molecule has 3 aromatic carbocycles. The predicted octanol–water partition coefficient (Wildman–Crippen LogP) is 5.42. The van der Waals surface area contributed by atoms with E-state index in [0.29, 0.717) is 23.9 Å². The average molecular weight is 683 g/mol. The van der Waals surface area contributed by atoms with E-state index in [-0.39, 0.29) is 38.1 Å². The molecule has 0 saturated carbocycles. The average Bonchev–Trinajstić information content (AvgIpc) is 3.26. The molecule has 1 atom stereocenters. The molecule has 14 heteroatoms. The first-order valence-corrected chi connectivity index (χ1v) is 15.5. The lowest BCUT2D eigenvalue weighted by molar-refractivity contribution is -0.139. The summed E-state index contributed by atoms with van der Waals surface area (Å²) in [6.07, 6.45) is -4.73. The van der Waals surface area contributed by atoms with E-state index in [1.165, 1.54) is 29.0 Å². The van der Waals surface area contributed by atoms with E-state index >= 15 is 0 Å². The molecule has 10 nitrogen and oxygen atoms in total. The summed E-state index contributed by atoms with van der Waals surface area (Å²) >= 11 is 0. The molecule has 2 heterocycles. The lowest BCUT2D eigenvalue weighted by Gasteiger charge is -2.43. The number of hydrogen-bond acceptors (Lipinski definition) is 6. The number of ether oxygens (including phenoxy) is 1. The minimum Gasteiger partial charge on any atom is -0.457 e.